The molecule has 10 N–H and O–H groups in total. The van der Waals surface area contributed by atoms with Crippen LogP contribution in [-0.4, -0.2) is 19.2 Å². The van der Waals surface area contributed by atoms with E-state index in [9.17, 15) is 9.59 Å². The maximum atomic E-state index is 12.5. The number of aldehydes is 1. The van der Waals surface area contributed by atoms with Crippen molar-refractivity contribution in [3.8, 4) is 0 Å². The van der Waals surface area contributed by atoms with Crippen LogP contribution in [-0.2, 0) is 28.9 Å². The second-order valence-corrected chi connectivity index (χ2v) is 9.10. The van der Waals surface area contributed by atoms with Crippen molar-refractivity contribution in [3.05, 3.63) is 118 Å². The number of benzene rings is 2. The van der Waals surface area contributed by atoms with Gasteiger partial charge in [0.25, 0.3) is 0 Å². The lowest BCUT2D eigenvalue weighted by molar-refractivity contribution is -0.119. The normalized spacial score (nSPS) is 12.8. The van der Waals surface area contributed by atoms with Crippen molar-refractivity contribution in [2.75, 3.05) is 7.05 Å². The van der Waals surface area contributed by atoms with Gasteiger partial charge in [-0.1, -0.05) is 48.5 Å². The van der Waals surface area contributed by atoms with Crippen molar-refractivity contribution in [1.82, 2.24) is 10.6 Å². The predicted octanol–water partition coefficient (Wildman–Crippen LogP) is 2.74. The van der Waals surface area contributed by atoms with Crippen LogP contribution in [0.3, 0.4) is 0 Å². The van der Waals surface area contributed by atoms with Crippen LogP contribution in [0.4, 0.5) is 0 Å². The largest absolute Gasteiger partial charge is 0.402 e. The van der Waals surface area contributed by atoms with E-state index in [0.717, 1.165) is 59.9 Å². The number of nitrogens with one attached hydrogen (secondary N) is 2. The van der Waals surface area contributed by atoms with E-state index in [1.165, 1.54) is 0 Å². The fourth-order valence-electron chi connectivity index (χ4n) is 3.78. The summed E-state index contributed by atoms with van der Waals surface area (Å²) < 4.78 is 0. The number of unbranched alkanes of at least 4 members (excludes halogenated alkanes) is 1. The molecule has 2 aromatic carbocycles. The molecular weight excluding hydrogens is 476 g/mol. The van der Waals surface area contributed by atoms with Crippen LogP contribution in [0.25, 0.3) is 0 Å². The van der Waals surface area contributed by atoms with Crippen LogP contribution < -0.4 is 33.6 Å². The minimum Gasteiger partial charge on any atom is -0.402 e. The van der Waals surface area contributed by atoms with Crippen molar-refractivity contribution >= 4 is 12.2 Å². The van der Waals surface area contributed by atoms with E-state index in [1.54, 1.807) is 31.4 Å². The summed E-state index contributed by atoms with van der Waals surface area (Å²) in [7, 11) is 1.75. The van der Waals surface area contributed by atoms with E-state index in [4.69, 9.17) is 22.9 Å². The molecule has 0 atom stereocenters. The Morgan fingerprint density at radius 2 is 1.29 bits per heavy atom. The molecule has 0 heterocycles. The fraction of sp³-hybridized carbons (Fsp3) is 0.267. The van der Waals surface area contributed by atoms with Crippen molar-refractivity contribution < 1.29 is 9.59 Å². The molecule has 0 saturated heterocycles. The van der Waals surface area contributed by atoms with Crippen LogP contribution in [0, 0.1) is 0 Å². The maximum absolute atomic E-state index is 12.5. The molecule has 2 aromatic rings. The zero-order valence-electron chi connectivity index (χ0n) is 22.1. The number of allylic oxidation sites excluding steroid dienone is 6. The van der Waals surface area contributed by atoms with E-state index in [-0.39, 0.29) is 18.1 Å². The van der Waals surface area contributed by atoms with E-state index < -0.39 is 0 Å². The van der Waals surface area contributed by atoms with Crippen molar-refractivity contribution in [1.29, 1.82) is 0 Å². The van der Waals surface area contributed by atoms with E-state index >= 15 is 0 Å². The van der Waals surface area contributed by atoms with Crippen molar-refractivity contribution in [3.63, 3.8) is 0 Å². The minimum absolute atomic E-state index is 0.203. The molecule has 0 spiro atoms. The van der Waals surface area contributed by atoms with Crippen molar-refractivity contribution in [2.45, 2.75) is 44.9 Å². The smallest absolute Gasteiger partial charge is 0.229 e. The first kappa shape index (κ1) is 29.8. The van der Waals surface area contributed by atoms with Crippen LogP contribution >= 0.6 is 0 Å². The summed E-state index contributed by atoms with van der Waals surface area (Å²) >= 11 is 0. The Labute approximate surface area is 225 Å². The first-order valence-electron chi connectivity index (χ1n) is 12.7. The van der Waals surface area contributed by atoms with Gasteiger partial charge in [-0.05, 0) is 78.7 Å². The Kier molecular flexibility index (Phi) is 12.8. The number of hydrogen-bond acceptors (Lipinski definition) is 7. The quantitative estimate of drug-likeness (QED) is 0.120. The van der Waals surface area contributed by atoms with Crippen LogP contribution in [0.2, 0.25) is 0 Å². The van der Waals surface area contributed by atoms with Gasteiger partial charge in [-0.2, -0.15) is 0 Å². The maximum Gasteiger partial charge on any atom is 0.229 e. The first-order valence-corrected chi connectivity index (χ1v) is 12.7. The molecule has 0 radical (unpaired) electrons. The molecular formula is C30H40N6O2. The summed E-state index contributed by atoms with van der Waals surface area (Å²) in [5, 5.41) is 5.54. The molecule has 0 aliphatic carbocycles. The van der Waals surface area contributed by atoms with E-state index in [0.29, 0.717) is 24.4 Å². The van der Waals surface area contributed by atoms with Gasteiger partial charge in [-0.25, -0.2) is 0 Å². The zero-order chi connectivity index (χ0) is 27.8. The standard InChI is InChI=1S/C30H40N6O2/c1-35-28(33)14-12-26(31)10-2-3-11-27(32)13-15-29(34)36-30(38)21-25-9-5-8-24(20-25)19-23-7-4-6-22(18-23)16-17-37/h4-9,12-15,17-18,20,35H,2-3,10-11,16,19,21,31-34H2,1H3,(H,36,38)/b26-12-,27-13-,28-14+,29-15+. The Bertz CT molecular complexity index is 1200. The first-order chi connectivity index (χ1) is 18.3. The number of carbonyl (C=O) groups excluding carboxylic acids is 2. The van der Waals surface area contributed by atoms with Gasteiger partial charge >= 0.3 is 0 Å². The molecule has 8 nitrogen and oxygen atoms in total. The van der Waals surface area contributed by atoms with Gasteiger partial charge in [-0.3, -0.25) is 4.79 Å². The third-order valence-corrected chi connectivity index (χ3v) is 5.78. The average molecular weight is 517 g/mol. The molecule has 1 amide bonds. The summed E-state index contributed by atoms with van der Waals surface area (Å²) in [4.78, 5) is 23.3. The summed E-state index contributed by atoms with van der Waals surface area (Å²) in [5.41, 5.74) is 29.2. The lowest BCUT2D eigenvalue weighted by atomic mass is 9.99. The summed E-state index contributed by atoms with van der Waals surface area (Å²) in [6, 6.07) is 15.9. The molecule has 0 bridgehead atoms. The molecule has 0 fully saturated rings. The molecule has 0 aliphatic heterocycles. The lowest BCUT2D eigenvalue weighted by Gasteiger charge is -2.08. The summed E-state index contributed by atoms with van der Waals surface area (Å²) in [6.07, 6.45) is 12.3. The highest BCUT2D eigenvalue weighted by Crippen LogP contribution is 2.14. The number of amides is 1. The second-order valence-electron chi connectivity index (χ2n) is 9.10. The van der Waals surface area contributed by atoms with Crippen LogP contribution in [0.1, 0.15) is 47.9 Å². The Balaban J connectivity index is 1.81. The van der Waals surface area contributed by atoms with Gasteiger partial charge in [0.1, 0.15) is 12.1 Å². The highest BCUT2D eigenvalue weighted by atomic mass is 16.1. The molecule has 8 heteroatoms. The van der Waals surface area contributed by atoms with Gasteiger partial charge in [0.2, 0.25) is 5.91 Å². The van der Waals surface area contributed by atoms with E-state index in [2.05, 4.69) is 10.6 Å². The second kappa shape index (κ2) is 16.3. The minimum atomic E-state index is -0.203. The Hall–Kier alpha value is -4.46. The number of nitrogens with two attached hydrogens (primary N) is 4. The molecule has 202 valence electrons. The van der Waals surface area contributed by atoms with Crippen molar-refractivity contribution in [2.24, 2.45) is 22.9 Å². The fourth-order valence-corrected chi connectivity index (χ4v) is 3.78. The Morgan fingerprint density at radius 1 is 0.763 bits per heavy atom. The monoisotopic (exact) mass is 516 g/mol. The highest BCUT2D eigenvalue weighted by molar-refractivity contribution is 5.80. The van der Waals surface area contributed by atoms with Gasteiger partial charge < -0.3 is 38.4 Å². The number of rotatable bonds is 15. The third kappa shape index (κ3) is 12.0. The summed E-state index contributed by atoms with van der Waals surface area (Å²) in [5.74, 6) is 0.590. The number of carbonyl (C=O) groups is 2. The Morgan fingerprint density at radius 3 is 1.87 bits per heavy atom. The SMILES string of the molecule is CN/C(N)=C/C=C(\N)CCCC/C(N)=C/C=C(\N)NC(=O)Cc1cccc(Cc2cccc(CC=O)c2)c1. The molecule has 0 saturated carbocycles. The van der Waals surface area contributed by atoms with E-state index in [1.807, 2.05) is 48.5 Å². The molecule has 0 aliphatic rings. The molecule has 38 heavy (non-hydrogen) atoms. The molecule has 0 aromatic heterocycles. The predicted molar refractivity (Wildman–Crippen MR) is 154 cm³/mol. The highest BCUT2D eigenvalue weighted by Gasteiger charge is 2.06. The van der Waals surface area contributed by atoms with Gasteiger partial charge in [-0.15, -0.1) is 0 Å². The number of hydrogen-bond donors (Lipinski definition) is 6. The average Bonchev–Trinajstić information content (AvgIpc) is 2.89. The molecule has 2 rings (SSSR count). The van der Waals surface area contributed by atoms with Crippen LogP contribution in [0.5, 0.6) is 0 Å². The zero-order valence-corrected chi connectivity index (χ0v) is 22.1. The lowest BCUT2D eigenvalue weighted by Crippen LogP contribution is -2.28. The van der Waals surface area contributed by atoms with Gasteiger partial charge in [0, 0.05) is 24.9 Å². The topological polar surface area (TPSA) is 162 Å². The van der Waals surface area contributed by atoms with Crippen LogP contribution in [0.15, 0.2) is 95.9 Å². The summed E-state index contributed by atoms with van der Waals surface area (Å²) in [6.45, 7) is 0. The van der Waals surface area contributed by atoms with Gasteiger partial charge in [0.15, 0.2) is 0 Å². The van der Waals surface area contributed by atoms with Gasteiger partial charge in [0.05, 0.1) is 12.2 Å². The molecule has 0 unspecified atom stereocenters. The third-order valence-electron chi connectivity index (χ3n) is 5.78.